The minimum Gasteiger partial charge on any atom is -0.337 e. The summed E-state index contributed by atoms with van der Waals surface area (Å²) in [6, 6.07) is 18.5. The van der Waals surface area contributed by atoms with Crippen LogP contribution in [0, 0.1) is 0 Å². The maximum Gasteiger partial charge on any atom is 0.334 e. The molecule has 2 aromatic carbocycles. The Kier molecular flexibility index (Phi) is 7.47. The topological polar surface area (TPSA) is 76.2 Å². The molecular formula is C26H33N5O3. The third-order valence-corrected chi connectivity index (χ3v) is 6.49. The smallest absolute Gasteiger partial charge is 0.334 e. The van der Waals surface area contributed by atoms with Crippen LogP contribution in [0.3, 0.4) is 0 Å². The molecule has 0 bridgehead atoms. The van der Waals surface area contributed by atoms with Gasteiger partial charge in [-0.3, -0.25) is 9.59 Å². The molecule has 180 valence electrons. The van der Waals surface area contributed by atoms with E-state index in [1.54, 1.807) is 22.0 Å². The van der Waals surface area contributed by atoms with Crippen LogP contribution in [0.4, 0.5) is 4.79 Å². The van der Waals surface area contributed by atoms with Crippen molar-refractivity contribution in [1.82, 2.24) is 25.1 Å². The van der Waals surface area contributed by atoms with Crippen LogP contribution >= 0.6 is 0 Å². The molecular weight excluding hydrogens is 430 g/mol. The predicted octanol–water partition coefficient (Wildman–Crippen LogP) is 2.47. The molecule has 1 N–H and O–H groups in total. The lowest BCUT2D eigenvalue weighted by atomic mass is 9.98. The Hall–Kier alpha value is -3.39. The van der Waals surface area contributed by atoms with Crippen LogP contribution in [0.1, 0.15) is 30.9 Å². The van der Waals surface area contributed by atoms with Gasteiger partial charge in [0.15, 0.2) is 0 Å². The number of hydrogen-bond donors (Lipinski definition) is 1. The molecule has 0 aliphatic carbocycles. The van der Waals surface area contributed by atoms with E-state index < -0.39 is 12.2 Å². The highest BCUT2D eigenvalue weighted by Crippen LogP contribution is 2.28. The number of piperazine rings is 1. The molecule has 34 heavy (non-hydrogen) atoms. The highest BCUT2D eigenvalue weighted by Gasteiger charge is 2.50. The molecule has 8 heteroatoms. The van der Waals surface area contributed by atoms with Crippen molar-refractivity contribution < 1.29 is 14.4 Å². The molecule has 2 atom stereocenters. The first-order valence-corrected chi connectivity index (χ1v) is 12.0. The number of carbonyl (C=O) groups is 3. The summed E-state index contributed by atoms with van der Waals surface area (Å²) in [5.74, 6) is -0.180. The molecule has 0 spiro atoms. The molecule has 8 nitrogen and oxygen atoms in total. The van der Waals surface area contributed by atoms with Crippen molar-refractivity contribution in [3.8, 4) is 0 Å². The summed E-state index contributed by atoms with van der Waals surface area (Å²) in [7, 11) is 1.75. The molecule has 2 fully saturated rings. The summed E-state index contributed by atoms with van der Waals surface area (Å²) in [6.07, 6.45) is 1.71. The summed E-state index contributed by atoms with van der Waals surface area (Å²) < 4.78 is 0. The number of hydrazine groups is 1. The van der Waals surface area contributed by atoms with Crippen LogP contribution in [-0.4, -0.2) is 76.6 Å². The lowest BCUT2D eigenvalue weighted by Crippen LogP contribution is -2.76. The van der Waals surface area contributed by atoms with Gasteiger partial charge in [0.05, 0.1) is 13.1 Å². The number of hydrogen-bond acceptors (Lipinski definition) is 4. The van der Waals surface area contributed by atoms with E-state index in [4.69, 9.17) is 0 Å². The first-order valence-electron chi connectivity index (χ1n) is 12.0. The standard InChI is InChI=1S/C26H33N5O3/c1-3-4-15-29-18-23-30(22(25(29)33)16-20-11-7-5-8-12-20)24(32)19-28(2)31(23)26(34)27-17-21-13-9-6-10-14-21/h5-14,22-23H,3-4,15-19H2,1-2H3,(H,27,34)/t22-,23-/m0/s1. The summed E-state index contributed by atoms with van der Waals surface area (Å²) in [4.78, 5) is 43.5. The minimum atomic E-state index is -0.636. The van der Waals surface area contributed by atoms with E-state index in [1.165, 1.54) is 0 Å². The monoisotopic (exact) mass is 463 g/mol. The predicted molar refractivity (Wildman–Crippen MR) is 129 cm³/mol. The number of fused-ring (bicyclic) bond motifs is 1. The first kappa shape index (κ1) is 23.8. The number of carbonyl (C=O) groups excluding carboxylic acids is 3. The molecule has 4 rings (SSSR count). The quantitative estimate of drug-likeness (QED) is 0.685. The third kappa shape index (κ3) is 5.07. The van der Waals surface area contributed by atoms with E-state index in [-0.39, 0.29) is 24.4 Å². The number of nitrogens with one attached hydrogen (secondary N) is 1. The van der Waals surface area contributed by atoms with Gasteiger partial charge in [0, 0.05) is 26.6 Å². The van der Waals surface area contributed by atoms with Gasteiger partial charge in [0.2, 0.25) is 11.8 Å². The zero-order valence-corrected chi connectivity index (χ0v) is 19.9. The summed E-state index contributed by atoms with van der Waals surface area (Å²) in [5, 5.41) is 6.25. The maximum absolute atomic E-state index is 13.5. The van der Waals surface area contributed by atoms with Crippen LogP contribution in [-0.2, 0) is 22.6 Å². The fourth-order valence-electron chi connectivity index (χ4n) is 4.75. The Balaban J connectivity index is 1.60. The number of benzene rings is 2. The van der Waals surface area contributed by atoms with Crippen LogP contribution in [0.15, 0.2) is 60.7 Å². The Morgan fingerprint density at radius 3 is 2.29 bits per heavy atom. The third-order valence-electron chi connectivity index (χ3n) is 6.49. The van der Waals surface area contributed by atoms with Crippen molar-refractivity contribution in [3.63, 3.8) is 0 Å². The molecule has 0 radical (unpaired) electrons. The average molecular weight is 464 g/mol. The van der Waals surface area contributed by atoms with E-state index in [2.05, 4.69) is 12.2 Å². The molecule has 2 aliphatic heterocycles. The summed E-state index contributed by atoms with van der Waals surface area (Å²) >= 11 is 0. The average Bonchev–Trinajstić information content (AvgIpc) is 2.84. The van der Waals surface area contributed by atoms with Gasteiger partial charge in [-0.25, -0.2) is 14.8 Å². The van der Waals surface area contributed by atoms with Crippen LogP contribution in [0.25, 0.3) is 0 Å². The fourth-order valence-corrected chi connectivity index (χ4v) is 4.75. The number of amides is 4. The second kappa shape index (κ2) is 10.7. The van der Waals surface area contributed by atoms with Gasteiger partial charge in [-0.1, -0.05) is 74.0 Å². The molecule has 2 aromatic rings. The van der Waals surface area contributed by atoms with E-state index in [0.717, 1.165) is 24.0 Å². The Labute approximate surface area is 201 Å². The fraction of sp³-hybridized carbons (Fsp3) is 0.423. The molecule has 2 aliphatic rings. The van der Waals surface area contributed by atoms with Crippen molar-refractivity contribution in [1.29, 1.82) is 0 Å². The van der Waals surface area contributed by atoms with Crippen molar-refractivity contribution in [2.45, 2.75) is 44.9 Å². The lowest BCUT2D eigenvalue weighted by Gasteiger charge is -2.54. The van der Waals surface area contributed by atoms with Gasteiger partial charge in [0.1, 0.15) is 12.2 Å². The van der Waals surface area contributed by atoms with Gasteiger partial charge in [-0.2, -0.15) is 0 Å². The van der Waals surface area contributed by atoms with Gasteiger partial charge in [-0.05, 0) is 17.5 Å². The molecule has 0 aromatic heterocycles. The number of rotatable bonds is 7. The highest BCUT2D eigenvalue weighted by atomic mass is 16.2. The van der Waals surface area contributed by atoms with Gasteiger partial charge in [0.25, 0.3) is 0 Å². The Morgan fingerprint density at radius 2 is 1.65 bits per heavy atom. The number of unbranched alkanes of at least 4 members (excludes halogenated alkanes) is 1. The van der Waals surface area contributed by atoms with Crippen molar-refractivity contribution >= 4 is 17.8 Å². The van der Waals surface area contributed by atoms with Gasteiger partial charge < -0.3 is 15.1 Å². The number of urea groups is 1. The zero-order valence-electron chi connectivity index (χ0n) is 19.9. The molecule has 4 amide bonds. The first-order chi connectivity index (χ1) is 16.5. The van der Waals surface area contributed by atoms with E-state index in [0.29, 0.717) is 26.1 Å². The van der Waals surface area contributed by atoms with Crippen molar-refractivity contribution in [2.24, 2.45) is 0 Å². The number of likely N-dealkylation sites (N-methyl/N-ethyl adjacent to an activating group) is 1. The van der Waals surface area contributed by atoms with Gasteiger partial charge in [-0.15, -0.1) is 0 Å². The largest absolute Gasteiger partial charge is 0.337 e. The summed E-state index contributed by atoms with van der Waals surface area (Å²) in [6.45, 7) is 3.43. The van der Waals surface area contributed by atoms with Crippen molar-refractivity contribution in [2.75, 3.05) is 26.7 Å². The normalized spacial score (nSPS) is 20.9. The lowest BCUT2D eigenvalue weighted by molar-refractivity contribution is -0.186. The second-order valence-corrected chi connectivity index (χ2v) is 8.93. The Morgan fingerprint density at radius 1 is 1.00 bits per heavy atom. The van der Waals surface area contributed by atoms with Crippen LogP contribution in [0.2, 0.25) is 0 Å². The highest BCUT2D eigenvalue weighted by molar-refractivity contribution is 5.91. The molecule has 2 heterocycles. The molecule has 0 saturated carbocycles. The minimum absolute atomic E-state index is 0.0444. The van der Waals surface area contributed by atoms with Crippen LogP contribution in [0.5, 0.6) is 0 Å². The summed E-state index contributed by atoms with van der Waals surface area (Å²) in [5.41, 5.74) is 1.98. The van der Waals surface area contributed by atoms with E-state index >= 15 is 0 Å². The van der Waals surface area contributed by atoms with E-state index in [1.807, 2.05) is 65.6 Å². The zero-order chi connectivity index (χ0) is 24.1. The SMILES string of the molecule is CCCCN1C[C@H]2N(C(=O)CN(C)N2C(=O)NCc2ccccc2)[C@@H](Cc2ccccc2)C1=O. The number of nitrogens with zero attached hydrogens (tertiary/aromatic N) is 4. The van der Waals surface area contributed by atoms with Crippen molar-refractivity contribution in [3.05, 3.63) is 71.8 Å². The van der Waals surface area contributed by atoms with Gasteiger partial charge >= 0.3 is 6.03 Å². The Bertz CT molecular complexity index is 1000. The van der Waals surface area contributed by atoms with Crippen LogP contribution < -0.4 is 5.32 Å². The molecule has 0 unspecified atom stereocenters. The molecule has 2 saturated heterocycles. The van der Waals surface area contributed by atoms with E-state index in [9.17, 15) is 14.4 Å². The second-order valence-electron chi connectivity index (χ2n) is 8.93. The maximum atomic E-state index is 13.5.